The topological polar surface area (TPSA) is 51.0 Å². The van der Waals surface area contributed by atoms with E-state index < -0.39 is 0 Å². The van der Waals surface area contributed by atoms with Crippen LogP contribution in [-0.2, 0) is 12.2 Å². The Hall–Kier alpha value is -1.49. The zero-order valence-electron chi connectivity index (χ0n) is 11.8. The van der Waals surface area contributed by atoms with E-state index >= 15 is 0 Å². The molecule has 2 aromatic rings. The summed E-state index contributed by atoms with van der Waals surface area (Å²) in [7, 11) is 0. The molecule has 20 heavy (non-hydrogen) atoms. The number of para-hydroxylation sites is 1. The van der Waals surface area contributed by atoms with Crippen LogP contribution in [0.4, 0.5) is 5.69 Å². The predicted octanol–water partition coefficient (Wildman–Crippen LogP) is 3.81. The van der Waals surface area contributed by atoms with Gasteiger partial charge in [0, 0.05) is 17.4 Å². The second-order valence-electron chi connectivity index (χ2n) is 5.14. The molecule has 2 atom stereocenters. The summed E-state index contributed by atoms with van der Waals surface area (Å²) in [6.45, 7) is 4.42. The number of nitrogens with one attached hydrogen (secondary N) is 1. The van der Waals surface area contributed by atoms with Crippen LogP contribution in [0.2, 0.25) is 0 Å². The Labute approximate surface area is 123 Å². The van der Waals surface area contributed by atoms with Gasteiger partial charge in [-0.1, -0.05) is 37.2 Å². The molecule has 0 spiro atoms. The Balaban J connectivity index is 1.64. The zero-order chi connectivity index (χ0) is 13.9. The lowest BCUT2D eigenvalue weighted by Gasteiger charge is -2.05. The van der Waals surface area contributed by atoms with Gasteiger partial charge < -0.3 is 9.84 Å². The highest BCUT2D eigenvalue weighted by atomic mass is 32.2. The smallest absolute Gasteiger partial charge is 0.249 e. The summed E-state index contributed by atoms with van der Waals surface area (Å²) >= 11 is 1.87. The standard InChI is InChI=1S/C15H19N3OS/c1-3-10(2)20-9-14-17-15(19-18-14)13-8-11-6-4-5-7-12(11)16-13/h4-7,10,13,16H,3,8-9H2,1-2H3/t10?,13-/m0/s1. The molecule has 1 unspecified atom stereocenters. The van der Waals surface area contributed by atoms with Crippen molar-refractivity contribution < 1.29 is 4.52 Å². The number of benzene rings is 1. The minimum Gasteiger partial charge on any atom is -0.373 e. The molecule has 3 rings (SSSR count). The average Bonchev–Trinajstić information content (AvgIpc) is 3.10. The van der Waals surface area contributed by atoms with E-state index in [-0.39, 0.29) is 6.04 Å². The molecule has 0 radical (unpaired) electrons. The van der Waals surface area contributed by atoms with Crippen molar-refractivity contribution in [1.29, 1.82) is 0 Å². The average molecular weight is 289 g/mol. The second kappa shape index (κ2) is 5.87. The van der Waals surface area contributed by atoms with Crippen LogP contribution >= 0.6 is 11.8 Å². The van der Waals surface area contributed by atoms with E-state index in [9.17, 15) is 0 Å². The van der Waals surface area contributed by atoms with Crippen molar-refractivity contribution in [2.24, 2.45) is 0 Å². The van der Waals surface area contributed by atoms with E-state index in [0.29, 0.717) is 11.1 Å². The SMILES string of the molecule is CCC(C)SCc1noc([C@@H]2Cc3ccccc3N2)n1. The molecule has 0 saturated carbocycles. The maximum Gasteiger partial charge on any atom is 0.249 e. The first-order valence-electron chi connectivity index (χ1n) is 7.04. The van der Waals surface area contributed by atoms with Gasteiger partial charge in [-0.25, -0.2) is 0 Å². The van der Waals surface area contributed by atoms with Gasteiger partial charge in [0.2, 0.25) is 5.89 Å². The number of rotatable bonds is 5. The first-order valence-corrected chi connectivity index (χ1v) is 8.09. The van der Waals surface area contributed by atoms with Crippen LogP contribution in [0.25, 0.3) is 0 Å². The van der Waals surface area contributed by atoms with Crippen LogP contribution < -0.4 is 5.32 Å². The number of hydrogen-bond donors (Lipinski definition) is 1. The van der Waals surface area contributed by atoms with Gasteiger partial charge in [-0.15, -0.1) is 0 Å². The maximum absolute atomic E-state index is 5.41. The zero-order valence-corrected chi connectivity index (χ0v) is 12.6. The molecule has 0 bridgehead atoms. The monoisotopic (exact) mass is 289 g/mol. The Bertz CT molecular complexity index is 559. The van der Waals surface area contributed by atoms with E-state index in [1.165, 1.54) is 11.3 Å². The molecule has 2 heterocycles. The van der Waals surface area contributed by atoms with Crippen molar-refractivity contribution in [3.8, 4) is 0 Å². The molecule has 106 valence electrons. The Morgan fingerprint density at radius 1 is 1.45 bits per heavy atom. The maximum atomic E-state index is 5.41. The fourth-order valence-corrected chi connectivity index (χ4v) is 3.04. The number of anilines is 1. The summed E-state index contributed by atoms with van der Waals surface area (Å²) in [6.07, 6.45) is 2.07. The lowest BCUT2D eigenvalue weighted by Crippen LogP contribution is -2.06. The molecule has 0 fully saturated rings. The molecule has 0 saturated heterocycles. The number of hydrogen-bond acceptors (Lipinski definition) is 5. The third-order valence-electron chi connectivity index (χ3n) is 3.62. The first-order chi connectivity index (χ1) is 9.76. The molecule has 0 amide bonds. The highest BCUT2D eigenvalue weighted by Crippen LogP contribution is 2.33. The van der Waals surface area contributed by atoms with Crippen LogP contribution in [0, 0.1) is 0 Å². The summed E-state index contributed by atoms with van der Waals surface area (Å²) in [5.74, 6) is 2.31. The largest absolute Gasteiger partial charge is 0.373 e. The summed E-state index contributed by atoms with van der Waals surface area (Å²) in [5.41, 5.74) is 2.48. The Morgan fingerprint density at radius 3 is 3.10 bits per heavy atom. The highest BCUT2D eigenvalue weighted by Gasteiger charge is 2.26. The molecular formula is C15H19N3OS. The molecule has 1 aromatic carbocycles. The van der Waals surface area contributed by atoms with E-state index in [0.717, 1.165) is 24.4 Å². The van der Waals surface area contributed by atoms with Crippen LogP contribution in [0.15, 0.2) is 28.8 Å². The van der Waals surface area contributed by atoms with Gasteiger partial charge in [-0.05, 0) is 18.1 Å². The summed E-state index contributed by atoms with van der Waals surface area (Å²) < 4.78 is 5.41. The number of nitrogens with zero attached hydrogens (tertiary/aromatic N) is 2. The van der Waals surface area contributed by atoms with E-state index in [2.05, 4.69) is 47.5 Å². The minimum absolute atomic E-state index is 0.113. The molecule has 5 heteroatoms. The van der Waals surface area contributed by atoms with Gasteiger partial charge in [-0.2, -0.15) is 16.7 Å². The van der Waals surface area contributed by atoms with Crippen LogP contribution in [-0.4, -0.2) is 15.4 Å². The normalized spacial score (nSPS) is 18.6. The third kappa shape index (κ3) is 2.82. The fraction of sp³-hybridized carbons (Fsp3) is 0.467. The predicted molar refractivity (Wildman–Crippen MR) is 81.9 cm³/mol. The lowest BCUT2D eigenvalue weighted by atomic mass is 10.1. The van der Waals surface area contributed by atoms with E-state index in [1.807, 2.05) is 17.8 Å². The molecule has 1 aliphatic rings. The van der Waals surface area contributed by atoms with Crippen molar-refractivity contribution in [1.82, 2.24) is 10.1 Å². The third-order valence-corrected chi connectivity index (χ3v) is 4.95. The van der Waals surface area contributed by atoms with Crippen LogP contribution in [0.5, 0.6) is 0 Å². The van der Waals surface area contributed by atoms with E-state index in [1.54, 1.807) is 0 Å². The van der Waals surface area contributed by atoms with Crippen molar-refractivity contribution in [2.75, 3.05) is 5.32 Å². The molecule has 0 aliphatic carbocycles. The lowest BCUT2D eigenvalue weighted by molar-refractivity contribution is 0.360. The summed E-state index contributed by atoms with van der Waals surface area (Å²) in [4.78, 5) is 4.52. The fourth-order valence-electron chi connectivity index (χ4n) is 2.25. The summed E-state index contributed by atoms with van der Waals surface area (Å²) in [5, 5.41) is 8.15. The molecule has 1 aliphatic heterocycles. The van der Waals surface area contributed by atoms with Gasteiger partial charge >= 0.3 is 0 Å². The Kier molecular flexibility index (Phi) is 3.96. The molecule has 4 nitrogen and oxygen atoms in total. The van der Waals surface area contributed by atoms with Crippen LogP contribution in [0.3, 0.4) is 0 Å². The molecule has 1 N–H and O–H groups in total. The number of fused-ring (bicyclic) bond motifs is 1. The quantitative estimate of drug-likeness (QED) is 0.907. The van der Waals surface area contributed by atoms with Crippen molar-refractivity contribution in [3.05, 3.63) is 41.5 Å². The van der Waals surface area contributed by atoms with Gasteiger partial charge in [0.15, 0.2) is 5.82 Å². The molecular weight excluding hydrogens is 270 g/mol. The van der Waals surface area contributed by atoms with Crippen LogP contribution in [0.1, 0.15) is 43.6 Å². The second-order valence-corrected chi connectivity index (χ2v) is 6.56. The van der Waals surface area contributed by atoms with Crippen molar-refractivity contribution >= 4 is 17.4 Å². The van der Waals surface area contributed by atoms with E-state index in [4.69, 9.17) is 4.52 Å². The number of thioether (sulfide) groups is 1. The van der Waals surface area contributed by atoms with Crippen molar-refractivity contribution in [3.63, 3.8) is 0 Å². The van der Waals surface area contributed by atoms with Gasteiger partial charge in [0.05, 0.1) is 5.75 Å². The van der Waals surface area contributed by atoms with Crippen molar-refractivity contribution in [2.45, 2.75) is 43.7 Å². The van der Waals surface area contributed by atoms with Gasteiger partial charge in [0.25, 0.3) is 0 Å². The highest BCUT2D eigenvalue weighted by molar-refractivity contribution is 7.99. The minimum atomic E-state index is 0.113. The Morgan fingerprint density at radius 2 is 2.30 bits per heavy atom. The molecule has 1 aromatic heterocycles. The first kappa shape index (κ1) is 13.5. The summed E-state index contributed by atoms with van der Waals surface area (Å²) in [6, 6.07) is 8.44. The van der Waals surface area contributed by atoms with Gasteiger partial charge in [0.1, 0.15) is 6.04 Å². The number of aromatic nitrogens is 2. The van der Waals surface area contributed by atoms with Gasteiger partial charge in [-0.3, -0.25) is 0 Å².